The molecule has 0 aliphatic carbocycles. The monoisotopic (exact) mass is 771 g/mol. The van der Waals surface area contributed by atoms with Crippen LogP contribution in [-0.4, -0.2) is 12.3 Å². The molecule has 1 aliphatic rings. The van der Waals surface area contributed by atoms with Gasteiger partial charge in [0.2, 0.25) is 0 Å². The molecule has 0 bridgehead atoms. The summed E-state index contributed by atoms with van der Waals surface area (Å²) in [6.45, 7) is 0. The number of H-pyrrole nitrogens is 1. The molecule has 9 aromatic carbocycles. The fraction of sp³-hybridized carbons (Fsp3) is 0. The number of thiophene rings is 2. The van der Waals surface area contributed by atoms with E-state index in [9.17, 15) is 0 Å². The Bertz CT molecular complexity index is 3920. The van der Waals surface area contributed by atoms with Crippen LogP contribution in [-0.2, 0) is 0 Å². The Hall–Kier alpha value is -6.86. The number of hydrogen-bond donors (Lipinski definition) is 1. The lowest BCUT2D eigenvalue weighted by molar-refractivity contribution is 0.669. The minimum absolute atomic E-state index is 0.886. The van der Waals surface area contributed by atoms with E-state index in [0.29, 0.717) is 0 Å². The molecule has 3 nitrogen and oxygen atoms in total. The van der Waals surface area contributed by atoms with Gasteiger partial charge in [-0.1, -0.05) is 115 Å². The molecule has 6 heteroatoms. The molecule has 267 valence electrons. The smallest absolute Gasteiger partial charge is 0.198 e. The quantitative estimate of drug-likeness (QED) is 0.178. The van der Waals surface area contributed by atoms with Crippen LogP contribution in [0.1, 0.15) is 0 Å². The number of fused-ring (bicyclic) bond motifs is 17. The summed E-state index contributed by atoms with van der Waals surface area (Å²) in [5, 5.41) is 12.3. The maximum Gasteiger partial charge on any atom is 0.198 e. The molecular weight excluding hydrogens is 744 g/mol. The van der Waals surface area contributed by atoms with Crippen LogP contribution >= 0.6 is 22.7 Å². The van der Waals surface area contributed by atoms with Gasteiger partial charge in [0, 0.05) is 84.2 Å². The number of para-hydroxylation sites is 2. The number of rotatable bonds is 2. The van der Waals surface area contributed by atoms with Crippen LogP contribution < -0.4 is 15.8 Å². The molecule has 0 unspecified atom stereocenters. The van der Waals surface area contributed by atoms with E-state index < -0.39 is 0 Å². The SMILES string of the molecule is [B]1c2cc3sc4ccccc4c3cc2N(c2ccc3sc4ccccc4c3c2)c2c1c(-c1cccc3c1[nH]c1c4ccccc4ccc31)cc1c2oc2ccccc21. The van der Waals surface area contributed by atoms with Crippen molar-refractivity contribution in [2.24, 2.45) is 0 Å². The summed E-state index contributed by atoms with van der Waals surface area (Å²) in [7, 11) is 2.42. The summed E-state index contributed by atoms with van der Waals surface area (Å²) in [4.78, 5) is 6.46. The highest BCUT2D eigenvalue weighted by molar-refractivity contribution is 7.26. The summed E-state index contributed by atoms with van der Waals surface area (Å²) in [6.07, 6.45) is 0. The minimum atomic E-state index is 0.886. The molecule has 5 heterocycles. The molecule has 1 radical (unpaired) electrons. The lowest BCUT2D eigenvalue weighted by atomic mass is 9.58. The lowest BCUT2D eigenvalue weighted by Crippen LogP contribution is -2.41. The van der Waals surface area contributed by atoms with Crippen molar-refractivity contribution < 1.29 is 4.42 Å². The second kappa shape index (κ2) is 11.4. The first-order chi connectivity index (χ1) is 28.7. The molecule has 0 atom stereocenters. The van der Waals surface area contributed by atoms with E-state index in [1.54, 1.807) is 0 Å². The Morgan fingerprint density at radius 1 is 0.466 bits per heavy atom. The first-order valence-corrected chi connectivity index (χ1v) is 21.3. The van der Waals surface area contributed by atoms with Crippen molar-refractivity contribution in [1.82, 2.24) is 4.98 Å². The fourth-order valence-electron chi connectivity index (χ4n) is 9.82. The molecule has 58 heavy (non-hydrogen) atoms. The van der Waals surface area contributed by atoms with Gasteiger partial charge in [-0.25, -0.2) is 0 Å². The molecular formula is C52H28BN2OS2. The van der Waals surface area contributed by atoms with Crippen molar-refractivity contribution in [3.63, 3.8) is 0 Å². The summed E-state index contributed by atoms with van der Waals surface area (Å²) in [5.74, 6) is 0. The normalized spacial score (nSPS) is 12.9. The van der Waals surface area contributed by atoms with Gasteiger partial charge in [0.05, 0.1) is 16.7 Å². The van der Waals surface area contributed by atoms with Gasteiger partial charge in [0.15, 0.2) is 12.9 Å². The number of nitrogens with one attached hydrogen (secondary N) is 1. The van der Waals surface area contributed by atoms with Crippen LogP contribution in [0.3, 0.4) is 0 Å². The van der Waals surface area contributed by atoms with Crippen LogP contribution in [0.2, 0.25) is 0 Å². The first-order valence-electron chi connectivity index (χ1n) is 19.7. The third-order valence-electron chi connectivity index (χ3n) is 12.4. The van der Waals surface area contributed by atoms with Crippen molar-refractivity contribution in [2.45, 2.75) is 0 Å². The highest BCUT2D eigenvalue weighted by Crippen LogP contribution is 2.48. The summed E-state index contributed by atoms with van der Waals surface area (Å²) in [5.41, 5.74) is 12.1. The molecule has 0 saturated carbocycles. The Balaban J connectivity index is 1.13. The summed E-state index contributed by atoms with van der Waals surface area (Å²) < 4.78 is 12.2. The molecule has 4 aromatic heterocycles. The van der Waals surface area contributed by atoms with Gasteiger partial charge in [-0.3, -0.25) is 0 Å². The number of aromatic amines is 1. The van der Waals surface area contributed by atoms with Gasteiger partial charge in [0.25, 0.3) is 0 Å². The number of benzene rings is 9. The number of aromatic nitrogens is 1. The third kappa shape index (κ3) is 4.18. The Morgan fingerprint density at radius 3 is 2.02 bits per heavy atom. The fourth-order valence-corrected chi connectivity index (χ4v) is 12.0. The van der Waals surface area contributed by atoms with Crippen LogP contribution in [0.4, 0.5) is 17.1 Å². The highest BCUT2D eigenvalue weighted by atomic mass is 32.1. The van der Waals surface area contributed by atoms with Crippen LogP contribution in [0, 0.1) is 0 Å². The van der Waals surface area contributed by atoms with Gasteiger partial charge in [-0.2, -0.15) is 0 Å². The average Bonchev–Trinajstić information content (AvgIpc) is 4.04. The second-order valence-electron chi connectivity index (χ2n) is 15.5. The van der Waals surface area contributed by atoms with E-state index in [1.165, 1.54) is 84.0 Å². The zero-order chi connectivity index (χ0) is 37.6. The van der Waals surface area contributed by atoms with Crippen molar-refractivity contribution in [1.29, 1.82) is 0 Å². The van der Waals surface area contributed by atoms with Gasteiger partial charge >= 0.3 is 0 Å². The van der Waals surface area contributed by atoms with E-state index in [1.807, 2.05) is 22.7 Å². The van der Waals surface area contributed by atoms with E-state index >= 15 is 0 Å². The van der Waals surface area contributed by atoms with E-state index in [0.717, 1.165) is 50.0 Å². The molecule has 0 fully saturated rings. The highest BCUT2D eigenvalue weighted by Gasteiger charge is 2.33. The molecule has 0 amide bonds. The van der Waals surface area contributed by atoms with Crippen molar-refractivity contribution in [3.8, 4) is 11.1 Å². The van der Waals surface area contributed by atoms with E-state index in [2.05, 4.69) is 181 Å². The number of hydrogen-bond acceptors (Lipinski definition) is 4. The molecule has 1 N–H and O–H groups in total. The van der Waals surface area contributed by atoms with Gasteiger partial charge < -0.3 is 14.3 Å². The minimum Gasteiger partial charge on any atom is -0.454 e. The summed E-state index contributed by atoms with van der Waals surface area (Å²) >= 11 is 3.72. The molecule has 0 spiro atoms. The molecule has 1 aliphatic heterocycles. The van der Waals surface area contributed by atoms with E-state index in [4.69, 9.17) is 4.42 Å². The Kier molecular flexibility index (Phi) is 6.13. The number of nitrogens with zero attached hydrogens (tertiary/aromatic N) is 1. The van der Waals surface area contributed by atoms with Gasteiger partial charge in [-0.05, 0) is 71.0 Å². The summed E-state index contributed by atoms with van der Waals surface area (Å²) in [6, 6.07) is 60.2. The van der Waals surface area contributed by atoms with Gasteiger partial charge in [-0.15, -0.1) is 22.7 Å². The lowest BCUT2D eigenvalue weighted by Gasteiger charge is -2.35. The Labute approximate surface area is 340 Å². The van der Waals surface area contributed by atoms with Gasteiger partial charge in [0.1, 0.15) is 5.58 Å². The van der Waals surface area contributed by atoms with Crippen LogP contribution in [0.5, 0.6) is 0 Å². The standard InChI is InChI=1S/C52H28BN2OS2/c1-2-11-30-28(10-1)20-22-36-34-15-9-16-35(50(34)54-49(30)36)39-25-40-31-12-3-6-17-43(31)56-52(40)51-48(39)53-41-27-47-38(33-14-5-8-19-45(33)58-47)26-42(41)55(51)29-21-23-46-37(24-29)32-13-4-7-18-44(32)57-46/h1-27,54H. The number of anilines is 3. The van der Waals surface area contributed by atoms with Crippen molar-refractivity contribution >= 4 is 153 Å². The predicted octanol–water partition coefficient (Wildman–Crippen LogP) is 14.2. The Morgan fingerprint density at radius 2 is 1.16 bits per heavy atom. The predicted molar refractivity (Wildman–Crippen MR) is 252 cm³/mol. The zero-order valence-electron chi connectivity index (χ0n) is 30.8. The van der Waals surface area contributed by atoms with Crippen molar-refractivity contribution in [3.05, 3.63) is 164 Å². The zero-order valence-corrected chi connectivity index (χ0v) is 32.5. The molecule has 13 aromatic rings. The average molecular weight is 772 g/mol. The number of furan rings is 1. The first kappa shape index (κ1) is 31.3. The van der Waals surface area contributed by atoms with Crippen molar-refractivity contribution in [2.75, 3.05) is 4.90 Å². The maximum absolute atomic E-state index is 7.01. The maximum atomic E-state index is 7.01. The third-order valence-corrected chi connectivity index (χ3v) is 14.7. The van der Waals surface area contributed by atoms with E-state index in [-0.39, 0.29) is 0 Å². The van der Waals surface area contributed by atoms with Crippen LogP contribution in [0.15, 0.2) is 168 Å². The largest absolute Gasteiger partial charge is 0.454 e. The second-order valence-corrected chi connectivity index (χ2v) is 17.7. The van der Waals surface area contributed by atoms with Crippen LogP contribution in [0.25, 0.3) is 106 Å². The topological polar surface area (TPSA) is 32.2 Å². The molecule has 14 rings (SSSR count). The molecule has 0 saturated heterocycles.